The van der Waals surface area contributed by atoms with Crippen LogP contribution in [0.4, 0.5) is 14.5 Å². The molecule has 1 spiro atoms. The molecule has 36 heavy (non-hydrogen) atoms. The summed E-state index contributed by atoms with van der Waals surface area (Å²) in [5.41, 5.74) is 10.4. The number of nitrogens with two attached hydrogens (primary N) is 1. The maximum Gasteiger partial charge on any atom is 0.270 e. The molecule has 194 valence electrons. The van der Waals surface area contributed by atoms with Crippen molar-refractivity contribution in [1.82, 2.24) is 9.80 Å². The summed E-state index contributed by atoms with van der Waals surface area (Å²) in [4.78, 5) is 36.0. The van der Waals surface area contributed by atoms with Crippen molar-refractivity contribution in [2.75, 3.05) is 50.7 Å². The van der Waals surface area contributed by atoms with Crippen LogP contribution in [0.3, 0.4) is 0 Å². The van der Waals surface area contributed by atoms with Gasteiger partial charge in [-0.3, -0.25) is 14.6 Å². The molecule has 1 atom stereocenters. The van der Waals surface area contributed by atoms with Crippen LogP contribution >= 0.6 is 0 Å². The predicted molar refractivity (Wildman–Crippen MR) is 135 cm³/mol. The molecule has 4 aliphatic rings. The minimum atomic E-state index is -2.67. The number of halogens is 2. The molecule has 2 aliphatic heterocycles. The number of piperazine rings is 1. The molecule has 4 fully saturated rings. The number of benzene rings is 1. The van der Waals surface area contributed by atoms with Gasteiger partial charge in [0.2, 0.25) is 5.91 Å². The standard InChI is InChI=1S/C27H35F2N5O2/c1-18-5-3-8-22(19(18)2)32-11-13-33(14-12-32)23(35)15-31-21-7-4-6-20(21)24(30)25(36)34-10-9-26(17-34)16-27(26,28)29/h3,5,8H,4,6-7,9-17,30H2,1-2H3/b24-20-,31-21?. The number of anilines is 1. The number of allylic oxidation sites excluding steroid dienone is 1. The normalized spacial score (nSPS) is 27.8. The van der Waals surface area contributed by atoms with Gasteiger partial charge in [0.1, 0.15) is 12.2 Å². The lowest BCUT2D eigenvalue weighted by atomic mass is 10.1. The number of aliphatic imine (C=N–C) groups is 1. The first-order valence-corrected chi connectivity index (χ1v) is 12.9. The van der Waals surface area contributed by atoms with Gasteiger partial charge in [-0.2, -0.15) is 0 Å². The van der Waals surface area contributed by atoms with Gasteiger partial charge in [-0.25, -0.2) is 8.78 Å². The third-order valence-corrected chi connectivity index (χ3v) is 8.55. The van der Waals surface area contributed by atoms with Gasteiger partial charge in [-0.15, -0.1) is 0 Å². The van der Waals surface area contributed by atoms with Gasteiger partial charge >= 0.3 is 0 Å². The Balaban J connectivity index is 1.18. The molecular formula is C27H35F2N5O2. The van der Waals surface area contributed by atoms with Crippen molar-refractivity contribution in [3.8, 4) is 0 Å². The zero-order valence-electron chi connectivity index (χ0n) is 21.2. The monoisotopic (exact) mass is 499 g/mol. The van der Waals surface area contributed by atoms with Crippen LogP contribution in [-0.4, -0.2) is 79.1 Å². The summed E-state index contributed by atoms with van der Waals surface area (Å²) in [6.07, 6.45) is 2.27. The number of aryl methyl sites for hydroxylation is 1. The van der Waals surface area contributed by atoms with Gasteiger partial charge < -0.3 is 20.4 Å². The molecule has 1 aromatic rings. The van der Waals surface area contributed by atoms with Gasteiger partial charge in [0.05, 0.1) is 5.41 Å². The Labute approximate surface area is 211 Å². The Morgan fingerprint density at radius 1 is 1.06 bits per heavy atom. The number of hydrogen-bond acceptors (Lipinski definition) is 5. The van der Waals surface area contributed by atoms with Crippen molar-refractivity contribution in [3.63, 3.8) is 0 Å². The number of carbonyl (C=O) groups excluding carboxylic acids is 2. The third-order valence-electron chi connectivity index (χ3n) is 8.55. The SMILES string of the molecule is Cc1cccc(N2CCN(C(=O)CN=C3CCC/C3=C(/N)C(=O)N3CCC4(C3)CC4(F)F)CC2)c1C. The van der Waals surface area contributed by atoms with E-state index < -0.39 is 11.3 Å². The van der Waals surface area contributed by atoms with Crippen molar-refractivity contribution in [3.05, 3.63) is 40.6 Å². The molecule has 9 heteroatoms. The molecule has 7 nitrogen and oxygen atoms in total. The summed E-state index contributed by atoms with van der Waals surface area (Å²) >= 11 is 0. The van der Waals surface area contributed by atoms with Gasteiger partial charge in [0, 0.05) is 62.7 Å². The summed E-state index contributed by atoms with van der Waals surface area (Å²) in [5, 5.41) is 0. The summed E-state index contributed by atoms with van der Waals surface area (Å²) in [5.74, 6) is -3.08. The van der Waals surface area contributed by atoms with Crippen LogP contribution < -0.4 is 10.6 Å². The van der Waals surface area contributed by atoms with Gasteiger partial charge in [-0.05, 0) is 56.7 Å². The van der Waals surface area contributed by atoms with Crippen LogP contribution in [0.5, 0.6) is 0 Å². The quantitative estimate of drug-likeness (QED) is 0.646. The van der Waals surface area contributed by atoms with Crippen molar-refractivity contribution in [2.24, 2.45) is 16.1 Å². The first-order valence-electron chi connectivity index (χ1n) is 12.9. The summed E-state index contributed by atoms with van der Waals surface area (Å²) in [6, 6.07) is 6.30. The number of amides is 2. The first-order chi connectivity index (χ1) is 17.1. The zero-order valence-corrected chi connectivity index (χ0v) is 21.2. The number of likely N-dealkylation sites (tertiary alicyclic amines) is 1. The minimum Gasteiger partial charge on any atom is -0.394 e. The van der Waals surface area contributed by atoms with Crippen LogP contribution in [0.1, 0.15) is 43.2 Å². The Morgan fingerprint density at radius 3 is 2.44 bits per heavy atom. The highest BCUT2D eigenvalue weighted by atomic mass is 19.3. The van der Waals surface area contributed by atoms with Crippen molar-refractivity contribution < 1.29 is 18.4 Å². The van der Waals surface area contributed by atoms with Crippen LogP contribution in [0, 0.1) is 19.3 Å². The molecule has 2 amide bonds. The van der Waals surface area contributed by atoms with Crippen LogP contribution in [0.25, 0.3) is 0 Å². The molecule has 2 aliphatic carbocycles. The molecule has 0 radical (unpaired) electrons. The average molecular weight is 500 g/mol. The second-order valence-corrected chi connectivity index (χ2v) is 10.7. The fourth-order valence-electron chi connectivity index (χ4n) is 5.90. The summed E-state index contributed by atoms with van der Waals surface area (Å²) < 4.78 is 27.5. The number of carbonyl (C=O) groups is 2. The van der Waals surface area contributed by atoms with E-state index in [0.29, 0.717) is 50.2 Å². The lowest BCUT2D eigenvalue weighted by Gasteiger charge is -2.37. The molecule has 1 unspecified atom stereocenters. The van der Waals surface area contributed by atoms with E-state index in [1.165, 1.54) is 21.7 Å². The van der Waals surface area contributed by atoms with E-state index in [9.17, 15) is 18.4 Å². The highest BCUT2D eigenvalue weighted by Crippen LogP contribution is 2.65. The largest absolute Gasteiger partial charge is 0.394 e. The average Bonchev–Trinajstić information content (AvgIpc) is 3.25. The van der Waals surface area contributed by atoms with E-state index in [0.717, 1.165) is 19.5 Å². The van der Waals surface area contributed by atoms with E-state index in [1.807, 2.05) is 4.90 Å². The summed E-state index contributed by atoms with van der Waals surface area (Å²) in [7, 11) is 0. The second kappa shape index (κ2) is 9.16. The number of nitrogens with zero attached hydrogens (tertiary/aromatic N) is 4. The number of hydrogen-bond donors (Lipinski definition) is 1. The van der Waals surface area contributed by atoms with Gasteiger partial charge in [0.15, 0.2) is 0 Å². The van der Waals surface area contributed by atoms with Crippen LogP contribution in [0.15, 0.2) is 34.5 Å². The maximum absolute atomic E-state index is 13.7. The lowest BCUT2D eigenvalue weighted by Crippen LogP contribution is -2.49. The summed E-state index contributed by atoms with van der Waals surface area (Å²) in [6.45, 7) is 7.46. The molecule has 2 N–H and O–H groups in total. The van der Waals surface area contributed by atoms with Crippen LogP contribution in [0.2, 0.25) is 0 Å². The topological polar surface area (TPSA) is 82.2 Å². The second-order valence-electron chi connectivity index (χ2n) is 10.7. The van der Waals surface area contributed by atoms with E-state index in [2.05, 4.69) is 41.9 Å². The van der Waals surface area contributed by atoms with Crippen molar-refractivity contribution in [2.45, 2.75) is 51.9 Å². The molecule has 1 aromatic carbocycles. The lowest BCUT2D eigenvalue weighted by molar-refractivity contribution is -0.130. The van der Waals surface area contributed by atoms with Crippen molar-refractivity contribution >= 4 is 23.2 Å². The number of rotatable bonds is 4. The fourth-order valence-corrected chi connectivity index (χ4v) is 5.90. The van der Waals surface area contributed by atoms with Crippen LogP contribution in [-0.2, 0) is 9.59 Å². The highest BCUT2D eigenvalue weighted by Gasteiger charge is 2.73. The molecule has 0 aromatic heterocycles. The fraction of sp³-hybridized carbons (Fsp3) is 0.593. The van der Waals surface area contributed by atoms with E-state index in [1.54, 1.807) is 0 Å². The molecule has 0 bridgehead atoms. The smallest absolute Gasteiger partial charge is 0.270 e. The Morgan fingerprint density at radius 2 is 1.78 bits per heavy atom. The molecule has 2 heterocycles. The molecule has 2 saturated heterocycles. The highest BCUT2D eigenvalue weighted by molar-refractivity contribution is 6.09. The molecule has 5 rings (SSSR count). The zero-order chi connectivity index (χ0) is 25.7. The van der Waals surface area contributed by atoms with E-state index in [4.69, 9.17) is 5.73 Å². The minimum absolute atomic E-state index is 0.0306. The first kappa shape index (κ1) is 24.7. The molecule has 2 saturated carbocycles. The van der Waals surface area contributed by atoms with Gasteiger partial charge in [0.25, 0.3) is 11.8 Å². The Bertz CT molecular complexity index is 1140. The Hall–Kier alpha value is -2.97. The third kappa shape index (κ3) is 4.37. The van der Waals surface area contributed by atoms with Gasteiger partial charge in [-0.1, -0.05) is 12.1 Å². The molecular weight excluding hydrogens is 464 g/mol. The predicted octanol–water partition coefficient (Wildman–Crippen LogP) is 3.05. The Kier molecular flexibility index (Phi) is 6.29. The van der Waals surface area contributed by atoms with E-state index in [-0.39, 0.29) is 37.0 Å². The maximum atomic E-state index is 13.7. The van der Waals surface area contributed by atoms with Crippen molar-refractivity contribution in [1.29, 1.82) is 0 Å². The number of alkyl halides is 2. The van der Waals surface area contributed by atoms with E-state index >= 15 is 0 Å².